The molecule has 29 heavy (non-hydrogen) atoms. The lowest BCUT2D eigenvalue weighted by Gasteiger charge is -2.24. The molecule has 0 aliphatic carbocycles. The van der Waals surface area contributed by atoms with Gasteiger partial charge in [-0.25, -0.2) is 8.42 Å². The first-order chi connectivity index (χ1) is 13.9. The van der Waals surface area contributed by atoms with Crippen molar-refractivity contribution in [2.45, 2.75) is 35.5 Å². The van der Waals surface area contributed by atoms with Gasteiger partial charge in [0.1, 0.15) is 10.6 Å². The molecule has 150 valence electrons. The van der Waals surface area contributed by atoms with Crippen molar-refractivity contribution in [1.29, 1.82) is 0 Å². The Morgan fingerprint density at radius 3 is 2.41 bits per heavy atom. The van der Waals surface area contributed by atoms with Crippen molar-refractivity contribution < 1.29 is 17.9 Å². The second-order valence-electron chi connectivity index (χ2n) is 6.92. The van der Waals surface area contributed by atoms with E-state index < -0.39 is 9.84 Å². The van der Waals surface area contributed by atoms with Gasteiger partial charge in [0.2, 0.25) is 15.7 Å². The van der Waals surface area contributed by atoms with Gasteiger partial charge in [-0.05, 0) is 41.8 Å². The number of carbonyl (C=O) groups is 1. The van der Waals surface area contributed by atoms with Crippen LogP contribution in [0.15, 0.2) is 63.7 Å². The van der Waals surface area contributed by atoms with Gasteiger partial charge in [-0.1, -0.05) is 31.2 Å². The molecule has 3 aromatic rings. The highest BCUT2D eigenvalue weighted by Gasteiger charge is 2.34. The molecule has 1 aliphatic rings. The van der Waals surface area contributed by atoms with Crippen LogP contribution in [0.25, 0.3) is 0 Å². The molecule has 1 N–H and O–H groups in total. The summed E-state index contributed by atoms with van der Waals surface area (Å²) < 4.78 is 31.5. The Labute approximate surface area is 174 Å². The highest BCUT2D eigenvalue weighted by molar-refractivity contribution is 7.91. The van der Waals surface area contributed by atoms with Crippen LogP contribution in [0.2, 0.25) is 0 Å². The van der Waals surface area contributed by atoms with Gasteiger partial charge in [0.25, 0.3) is 0 Å². The summed E-state index contributed by atoms with van der Waals surface area (Å²) in [4.78, 5) is 13.6. The van der Waals surface area contributed by atoms with E-state index in [4.69, 9.17) is 4.74 Å². The minimum Gasteiger partial charge on any atom is -0.497 e. The molecule has 1 amide bonds. The van der Waals surface area contributed by atoms with Gasteiger partial charge in [0, 0.05) is 22.6 Å². The van der Waals surface area contributed by atoms with E-state index in [9.17, 15) is 13.2 Å². The van der Waals surface area contributed by atoms with Gasteiger partial charge < -0.3 is 10.1 Å². The number of thiophene rings is 1. The summed E-state index contributed by atoms with van der Waals surface area (Å²) >= 11 is 1.38. The van der Waals surface area contributed by atoms with Gasteiger partial charge in [0.05, 0.1) is 17.7 Å². The molecule has 0 saturated carbocycles. The molecule has 1 unspecified atom stereocenters. The van der Waals surface area contributed by atoms with Crippen LogP contribution < -0.4 is 10.1 Å². The minimum atomic E-state index is -3.76. The molecule has 5 nitrogen and oxygen atoms in total. The number of hydrogen-bond acceptors (Lipinski definition) is 5. The Morgan fingerprint density at radius 1 is 1.10 bits per heavy atom. The summed E-state index contributed by atoms with van der Waals surface area (Å²) in [6, 6.07) is 14.4. The number of benzene rings is 2. The number of amides is 1. The number of methoxy groups -OCH3 is 1. The van der Waals surface area contributed by atoms with Crippen molar-refractivity contribution in [1.82, 2.24) is 0 Å². The SMILES string of the molecule is CCc1ccc(C2CC(=O)Nc3c(S(=O)(=O)c4ccc(OC)cc4)csc32)cc1. The van der Waals surface area contributed by atoms with Crippen molar-refractivity contribution >= 4 is 32.8 Å². The molecule has 1 aliphatic heterocycles. The fourth-order valence-corrected chi connectivity index (χ4v) is 6.45. The van der Waals surface area contributed by atoms with Crippen LogP contribution >= 0.6 is 11.3 Å². The highest BCUT2D eigenvalue weighted by atomic mass is 32.2. The molecular weight excluding hydrogens is 406 g/mol. The lowest BCUT2D eigenvalue weighted by atomic mass is 9.90. The summed E-state index contributed by atoms with van der Waals surface area (Å²) in [6.45, 7) is 2.09. The number of ether oxygens (including phenoxy) is 1. The second kappa shape index (κ2) is 7.65. The summed E-state index contributed by atoms with van der Waals surface area (Å²) in [5.74, 6) is 0.265. The average Bonchev–Trinajstić information content (AvgIpc) is 3.18. The maximum absolute atomic E-state index is 13.2. The van der Waals surface area contributed by atoms with E-state index in [1.165, 1.54) is 36.1 Å². The Balaban J connectivity index is 1.76. The molecule has 2 heterocycles. The highest BCUT2D eigenvalue weighted by Crippen LogP contribution is 2.45. The van der Waals surface area contributed by atoms with E-state index in [1.54, 1.807) is 17.5 Å². The zero-order chi connectivity index (χ0) is 20.6. The van der Waals surface area contributed by atoms with Crippen molar-refractivity contribution in [2.75, 3.05) is 12.4 Å². The summed E-state index contributed by atoms with van der Waals surface area (Å²) in [5, 5.41) is 4.43. The molecule has 0 saturated heterocycles. The van der Waals surface area contributed by atoms with Crippen LogP contribution in [-0.4, -0.2) is 21.4 Å². The molecule has 1 aromatic heterocycles. The third-order valence-corrected chi connectivity index (χ3v) is 8.24. The van der Waals surface area contributed by atoms with Crippen molar-refractivity contribution in [3.05, 3.63) is 69.9 Å². The van der Waals surface area contributed by atoms with Crippen molar-refractivity contribution in [3.63, 3.8) is 0 Å². The first-order valence-corrected chi connectivity index (χ1v) is 11.7. The summed E-state index contributed by atoms with van der Waals surface area (Å²) in [5.41, 5.74) is 2.66. The lowest BCUT2D eigenvalue weighted by Crippen LogP contribution is -2.23. The maximum Gasteiger partial charge on any atom is 0.225 e. The number of rotatable bonds is 5. The van der Waals surface area contributed by atoms with E-state index in [2.05, 4.69) is 24.4 Å². The lowest BCUT2D eigenvalue weighted by molar-refractivity contribution is -0.116. The third-order valence-electron chi connectivity index (χ3n) is 5.21. The minimum absolute atomic E-state index is 0.144. The quantitative estimate of drug-likeness (QED) is 0.645. The number of aryl methyl sites for hydroxylation is 1. The Morgan fingerprint density at radius 2 is 1.79 bits per heavy atom. The van der Waals surface area contributed by atoms with Crippen LogP contribution in [0, 0.1) is 0 Å². The van der Waals surface area contributed by atoms with Crippen LogP contribution in [0.3, 0.4) is 0 Å². The topological polar surface area (TPSA) is 72.5 Å². The van der Waals surface area contributed by atoms with Gasteiger partial charge >= 0.3 is 0 Å². The number of fused-ring (bicyclic) bond motifs is 1. The van der Waals surface area contributed by atoms with Crippen LogP contribution in [0.1, 0.15) is 35.3 Å². The Hall–Kier alpha value is -2.64. The zero-order valence-electron chi connectivity index (χ0n) is 16.1. The molecule has 0 radical (unpaired) electrons. The van der Waals surface area contributed by atoms with Crippen LogP contribution in [-0.2, 0) is 21.1 Å². The summed E-state index contributed by atoms with van der Waals surface area (Å²) in [6.07, 6.45) is 1.25. The Bertz CT molecular complexity index is 1150. The molecule has 0 bridgehead atoms. The third kappa shape index (κ3) is 3.56. The number of nitrogens with one attached hydrogen (secondary N) is 1. The molecule has 2 aromatic carbocycles. The fraction of sp³-hybridized carbons (Fsp3) is 0.227. The van der Waals surface area contributed by atoms with E-state index in [-0.39, 0.29) is 21.6 Å². The zero-order valence-corrected chi connectivity index (χ0v) is 17.8. The maximum atomic E-state index is 13.2. The van der Waals surface area contributed by atoms with Crippen LogP contribution in [0.5, 0.6) is 5.75 Å². The number of hydrogen-bond donors (Lipinski definition) is 1. The standard InChI is InChI=1S/C22H21NO4S2/c1-3-14-4-6-15(7-5-14)18-12-20(24)23-21-19(13-28-22(18)21)29(25,26)17-10-8-16(27-2)9-11-17/h4-11,13,18H,3,12H2,1-2H3,(H,23,24). The summed E-state index contributed by atoms with van der Waals surface area (Å²) in [7, 11) is -2.23. The van der Waals surface area contributed by atoms with E-state index in [1.807, 2.05) is 12.1 Å². The van der Waals surface area contributed by atoms with E-state index >= 15 is 0 Å². The first-order valence-electron chi connectivity index (χ1n) is 9.33. The number of anilines is 1. The number of sulfone groups is 1. The van der Waals surface area contributed by atoms with Crippen molar-refractivity contribution in [2.24, 2.45) is 0 Å². The van der Waals surface area contributed by atoms with Gasteiger partial charge in [0.15, 0.2) is 0 Å². The van der Waals surface area contributed by atoms with Gasteiger partial charge in [-0.15, -0.1) is 11.3 Å². The second-order valence-corrected chi connectivity index (χ2v) is 9.75. The number of carbonyl (C=O) groups excluding carboxylic acids is 1. The van der Waals surface area contributed by atoms with Gasteiger partial charge in [-0.3, -0.25) is 4.79 Å². The predicted molar refractivity (Wildman–Crippen MR) is 114 cm³/mol. The van der Waals surface area contributed by atoms with Crippen molar-refractivity contribution in [3.8, 4) is 5.75 Å². The predicted octanol–water partition coefficient (Wildman–Crippen LogP) is 4.63. The fourth-order valence-electron chi connectivity index (χ4n) is 3.54. The van der Waals surface area contributed by atoms with E-state index in [0.717, 1.165) is 16.9 Å². The van der Waals surface area contributed by atoms with Crippen LogP contribution in [0.4, 0.5) is 5.69 Å². The monoisotopic (exact) mass is 427 g/mol. The molecule has 0 fully saturated rings. The average molecular weight is 428 g/mol. The smallest absolute Gasteiger partial charge is 0.225 e. The molecule has 7 heteroatoms. The largest absolute Gasteiger partial charge is 0.497 e. The normalized spacial score (nSPS) is 16.2. The van der Waals surface area contributed by atoms with E-state index in [0.29, 0.717) is 17.9 Å². The molecule has 0 spiro atoms. The molecule has 1 atom stereocenters. The first kappa shape index (κ1) is 19.7. The Kier molecular flexibility index (Phi) is 5.19. The molecule has 4 rings (SSSR count). The molecular formula is C22H21NO4S2. The van der Waals surface area contributed by atoms with Gasteiger partial charge in [-0.2, -0.15) is 0 Å².